The highest BCUT2D eigenvalue weighted by Gasteiger charge is 2.25. The van der Waals surface area contributed by atoms with Crippen LogP contribution in [-0.4, -0.2) is 20.5 Å². The summed E-state index contributed by atoms with van der Waals surface area (Å²) in [4.78, 5) is 0. The van der Waals surface area contributed by atoms with Crippen molar-refractivity contribution in [1.82, 2.24) is 6.15 Å². The van der Waals surface area contributed by atoms with E-state index in [1.807, 2.05) is 0 Å². The van der Waals surface area contributed by atoms with Gasteiger partial charge in [-0.25, -0.2) is 4.39 Å². The second kappa shape index (κ2) is 22.5. The van der Waals surface area contributed by atoms with E-state index in [9.17, 15) is 12.8 Å². The summed E-state index contributed by atoms with van der Waals surface area (Å²) in [5.74, 6) is 0. The Hall–Kier alpha value is -0.200. The van der Waals surface area contributed by atoms with Gasteiger partial charge in [0.1, 0.15) is 0 Å². The monoisotopic (exact) mass is 439 g/mol. The zero-order valence-corrected chi connectivity index (χ0v) is 20.3. The predicted octanol–water partition coefficient (Wildman–Crippen LogP) is 8.24. The Morgan fingerprint density at radius 3 is 1.38 bits per heavy atom. The number of halogens is 1. The lowest BCUT2D eigenvalue weighted by molar-refractivity contribution is 0.270. The van der Waals surface area contributed by atoms with Crippen LogP contribution in [0.1, 0.15) is 136 Å². The van der Waals surface area contributed by atoms with Gasteiger partial charge in [0.15, 0.2) is 0 Å². The molecule has 1 unspecified atom stereocenters. The first-order valence-electron chi connectivity index (χ1n) is 12.1. The van der Waals surface area contributed by atoms with Crippen LogP contribution in [0.25, 0.3) is 0 Å². The van der Waals surface area contributed by atoms with Crippen LogP contribution in [0.15, 0.2) is 0 Å². The van der Waals surface area contributed by atoms with E-state index in [4.69, 9.17) is 4.18 Å². The average molecular weight is 440 g/mol. The molecule has 0 heterocycles. The lowest BCUT2D eigenvalue weighted by Gasteiger charge is -2.10. The molecular weight excluding hydrogens is 389 g/mol. The van der Waals surface area contributed by atoms with Crippen LogP contribution >= 0.6 is 0 Å². The highest BCUT2D eigenvalue weighted by molar-refractivity contribution is 7.87. The Kier molecular flexibility index (Phi) is 24.0. The molecule has 0 saturated heterocycles. The maximum atomic E-state index is 13.9. The van der Waals surface area contributed by atoms with Crippen LogP contribution in [0.3, 0.4) is 0 Å². The number of alkyl halides is 1. The fourth-order valence-electron chi connectivity index (χ4n) is 3.42. The SMILES string of the molecule is CCCCCCCCCCCCCCOS(=O)(=O)C(F)CCCCCCCC.N. The topological polar surface area (TPSA) is 78.4 Å². The molecule has 6 heteroatoms. The van der Waals surface area contributed by atoms with Crippen molar-refractivity contribution in [3.8, 4) is 0 Å². The van der Waals surface area contributed by atoms with E-state index >= 15 is 0 Å². The highest BCUT2D eigenvalue weighted by atomic mass is 32.2. The summed E-state index contributed by atoms with van der Waals surface area (Å²) >= 11 is 0. The minimum absolute atomic E-state index is 0. The van der Waals surface area contributed by atoms with Gasteiger partial charge in [0.25, 0.3) is 10.1 Å². The molecule has 0 amide bonds. The van der Waals surface area contributed by atoms with Gasteiger partial charge in [-0.2, -0.15) is 8.42 Å². The first kappa shape index (κ1) is 31.0. The van der Waals surface area contributed by atoms with Gasteiger partial charge in [0.2, 0.25) is 5.50 Å². The largest absolute Gasteiger partial charge is 0.344 e. The molecule has 0 aromatic heterocycles. The summed E-state index contributed by atoms with van der Waals surface area (Å²) in [6.07, 6.45) is 20.8. The fraction of sp³-hybridized carbons (Fsp3) is 1.00. The molecule has 0 bridgehead atoms. The highest BCUT2D eigenvalue weighted by Crippen LogP contribution is 2.17. The first-order valence-corrected chi connectivity index (χ1v) is 13.5. The van der Waals surface area contributed by atoms with Gasteiger partial charge < -0.3 is 6.15 Å². The van der Waals surface area contributed by atoms with Crippen LogP contribution < -0.4 is 6.15 Å². The van der Waals surface area contributed by atoms with Crippen molar-refractivity contribution < 1.29 is 17.0 Å². The molecule has 29 heavy (non-hydrogen) atoms. The van der Waals surface area contributed by atoms with Crippen molar-refractivity contribution >= 4 is 10.1 Å². The third-order valence-corrected chi connectivity index (χ3v) is 6.70. The second-order valence-corrected chi connectivity index (χ2v) is 9.90. The van der Waals surface area contributed by atoms with E-state index in [-0.39, 0.29) is 19.2 Å². The van der Waals surface area contributed by atoms with E-state index in [0.717, 1.165) is 32.1 Å². The van der Waals surface area contributed by atoms with Crippen LogP contribution in [0, 0.1) is 0 Å². The Morgan fingerprint density at radius 2 is 0.966 bits per heavy atom. The van der Waals surface area contributed by atoms with Gasteiger partial charge in [0, 0.05) is 0 Å². The molecule has 1 atom stereocenters. The third-order valence-electron chi connectivity index (χ3n) is 5.34. The Labute approximate surface area is 181 Å². The molecule has 0 saturated carbocycles. The van der Waals surface area contributed by atoms with Crippen LogP contribution in [0.4, 0.5) is 4.39 Å². The van der Waals surface area contributed by atoms with Crippen molar-refractivity contribution in [2.75, 3.05) is 6.61 Å². The molecular formula is C23H50FNO3S. The molecule has 0 aliphatic heterocycles. The summed E-state index contributed by atoms with van der Waals surface area (Å²) in [6, 6.07) is 0. The Morgan fingerprint density at radius 1 is 0.621 bits per heavy atom. The van der Waals surface area contributed by atoms with Gasteiger partial charge in [-0.05, 0) is 19.3 Å². The zero-order valence-electron chi connectivity index (χ0n) is 19.4. The molecule has 0 rings (SSSR count). The van der Waals surface area contributed by atoms with Crippen molar-refractivity contribution in [2.45, 2.75) is 141 Å². The lowest BCUT2D eigenvalue weighted by Crippen LogP contribution is -2.19. The maximum absolute atomic E-state index is 13.9. The molecule has 3 N–H and O–H groups in total. The first-order chi connectivity index (χ1) is 13.5. The number of rotatable bonds is 22. The summed E-state index contributed by atoms with van der Waals surface area (Å²) in [6.45, 7) is 4.52. The summed E-state index contributed by atoms with van der Waals surface area (Å²) in [7, 11) is -4.04. The molecule has 0 aromatic carbocycles. The second-order valence-electron chi connectivity index (χ2n) is 8.17. The lowest BCUT2D eigenvalue weighted by atomic mass is 10.1. The zero-order chi connectivity index (χ0) is 20.9. The van der Waals surface area contributed by atoms with Crippen LogP contribution in [-0.2, 0) is 14.3 Å². The van der Waals surface area contributed by atoms with Gasteiger partial charge in [-0.1, -0.05) is 117 Å². The fourth-order valence-corrected chi connectivity index (χ4v) is 4.37. The number of hydrogen-bond donors (Lipinski definition) is 1. The molecule has 0 aliphatic rings. The van der Waals surface area contributed by atoms with Crippen molar-refractivity contribution in [1.29, 1.82) is 0 Å². The standard InChI is InChI=1S/C23H47FO3S.H3N/c1-3-5-7-9-11-12-13-14-15-16-18-20-22-27-28(25,26)23(24)21-19-17-10-8-6-4-2;/h23H,3-22H2,1-2H3;1H3. The quantitative estimate of drug-likeness (QED) is 0.136. The molecule has 0 aliphatic carbocycles. The molecule has 178 valence electrons. The Bertz CT molecular complexity index is 418. The maximum Gasteiger partial charge on any atom is 0.299 e. The van der Waals surface area contributed by atoms with Crippen molar-refractivity contribution in [3.05, 3.63) is 0 Å². The molecule has 0 fully saturated rings. The van der Waals surface area contributed by atoms with Gasteiger partial charge in [-0.3, -0.25) is 4.18 Å². The molecule has 0 spiro atoms. The van der Waals surface area contributed by atoms with Crippen molar-refractivity contribution in [2.24, 2.45) is 0 Å². The van der Waals surface area contributed by atoms with E-state index in [1.54, 1.807) is 0 Å². The number of unbranched alkanes of at least 4 members (excludes halogenated alkanes) is 16. The summed E-state index contributed by atoms with van der Waals surface area (Å²) in [5.41, 5.74) is -1.86. The van der Waals surface area contributed by atoms with E-state index in [0.29, 0.717) is 12.8 Å². The van der Waals surface area contributed by atoms with Gasteiger partial charge >= 0.3 is 0 Å². The molecule has 4 nitrogen and oxygen atoms in total. The summed E-state index contributed by atoms with van der Waals surface area (Å²) < 4.78 is 42.4. The van der Waals surface area contributed by atoms with Crippen LogP contribution in [0.2, 0.25) is 0 Å². The van der Waals surface area contributed by atoms with E-state index < -0.39 is 15.6 Å². The van der Waals surface area contributed by atoms with Crippen LogP contribution in [0.5, 0.6) is 0 Å². The predicted molar refractivity (Wildman–Crippen MR) is 124 cm³/mol. The van der Waals surface area contributed by atoms with E-state index in [1.165, 1.54) is 70.6 Å². The third kappa shape index (κ3) is 20.8. The van der Waals surface area contributed by atoms with Gasteiger partial charge in [-0.15, -0.1) is 0 Å². The molecule has 0 radical (unpaired) electrons. The summed E-state index contributed by atoms with van der Waals surface area (Å²) in [5, 5.41) is 0. The van der Waals surface area contributed by atoms with Crippen molar-refractivity contribution in [3.63, 3.8) is 0 Å². The number of hydrogen-bond acceptors (Lipinski definition) is 4. The molecule has 0 aromatic rings. The normalized spacial score (nSPS) is 12.7. The van der Waals surface area contributed by atoms with Gasteiger partial charge in [0.05, 0.1) is 6.61 Å². The minimum atomic E-state index is -4.04. The average Bonchev–Trinajstić information content (AvgIpc) is 2.68. The smallest absolute Gasteiger partial charge is 0.299 e. The minimum Gasteiger partial charge on any atom is -0.344 e. The van der Waals surface area contributed by atoms with E-state index in [2.05, 4.69) is 13.8 Å². The Balaban J connectivity index is 0.